The van der Waals surface area contributed by atoms with E-state index in [1.54, 1.807) is 12.1 Å². The lowest BCUT2D eigenvalue weighted by Gasteiger charge is -2.03. The van der Waals surface area contributed by atoms with Gasteiger partial charge in [-0.25, -0.2) is 4.39 Å². The summed E-state index contributed by atoms with van der Waals surface area (Å²) >= 11 is 0. The molecule has 6 nitrogen and oxygen atoms in total. The zero-order valence-electron chi connectivity index (χ0n) is 10.9. The molecule has 0 heterocycles. The Bertz CT molecular complexity index is 671. The van der Waals surface area contributed by atoms with Crippen molar-refractivity contribution in [3.8, 4) is 0 Å². The van der Waals surface area contributed by atoms with Crippen LogP contribution in [-0.2, 0) is 11.4 Å². The second-order valence-corrected chi connectivity index (χ2v) is 4.18. The van der Waals surface area contributed by atoms with Crippen LogP contribution in [0, 0.1) is 15.9 Å². The van der Waals surface area contributed by atoms with E-state index in [0.717, 1.165) is 0 Å². The van der Waals surface area contributed by atoms with Crippen LogP contribution in [0.2, 0.25) is 0 Å². The molecule has 0 amide bonds. The van der Waals surface area contributed by atoms with Crippen LogP contribution in [0.4, 0.5) is 10.1 Å². The summed E-state index contributed by atoms with van der Waals surface area (Å²) < 4.78 is 12.8. The van der Waals surface area contributed by atoms with Crippen molar-refractivity contribution in [1.29, 1.82) is 0 Å². The van der Waals surface area contributed by atoms with Crippen molar-refractivity contribution in [3.63, 3.8) is 0 Å². The first kappa shape index (κ1) is 14.4. The summed E-state index contributed by atoms with van der Waals surface area (Å²) in [6.07, 6.45) is 0. The lowest BCUT2D eigenvalue weighted by Crippen LogP contribution is -2.13. The van der Waals surface area contributed by atoms with Gasteiger partial charge in [-0.1, -0.05) is 17.3 Å². The van der Waals surface area contributed by atoms with E-state index in [1.165, 1.54) is 36.4 Å². The molecule has 0 saturated heterocycles. The summed E-state index contributed by atoms with van der Waals surface area (Å²) in [7, 11) is 0. The van der Waals surface area contributed by atoms with E-state index in [2.05, 4.69) is 5.16 Å². The van der Waals surface area contributed by atoms with Gasteiger partial charge in [0, 0.05) is 17.7 Å². The maximum Gasteiger partial charge on any atom is 0.269 e. The molecule has 0 fully saturated rings. The third kappa shape index (κ3) is 4.00. The minimum absolute atomic E-state index is 0.0217. The summed E-state index contributed by atoms with van der Waals surface area (Å²) in [5, 5.41) is 14.3. The molecule has 0 aliphatic carbocycles. The van der Waals surface area contributed by atoms with Crippen LogP contribution in [0.1, 0.15) is 11.1 Å². The first-order valence-electron chi connectivity index (χ1n) is 6.01. The second-order valence-electron chi connectivity index (χ2n) is 4.18. The lowest BCUT2D eigenvalue weighted by molar-refractivity contribution is -0.384. The Kier molecular flexibility index (Phi) is 4.45. The average Bonchev–Trinajstić information content (AvgIpc) is 2.48. The molecule has 108 valence electrons. The third-order valence-corrected chi connectivity index (χ3v) is 2.66. The number of benzene rings is 2. The highest BCUT2D eigenvalue weighted by molar-refractivity contribution is 5.96. The Morgan fingerprint density at radius 2 is 2.00 bits per heavy atom. The average molecular weight is 289 g/mol. The Hall–Kier alpha value is -2.96. The molecule has 0 atom stereocenters. The zero-order chi connectivity index (χ0) is 15.2. The number of nitro benzene ring substituents is 1. The number of nitro groups is 1. The predicted molar refractivity (Wildman–Crippen MR) is 75.0 cm³/mol. The van der Waals surface area contributed by atoms with Gasteiger partial charge in [0.15, 0.2) is 5.84 Å². The molecule has 2 aromatic rings. The van der Waals surface area contributed by atoms with Gasteiger partial charge in [-0.3, -0.25) is 10.1 Å². The molecule has 0 radical (unpaired) electrons. The number of hydrogen-bond donors (Lipinski definition) is 1. The highest BCUT2D eigenvalue weighted by Gasteiger charge is 2.06. The number of nitrogens with zero attached hydrogens (tertiary/aromatic N) is 2. The van der Waals surface area contributed by atoms with Crippen LogP contribution in [0.3, 0.4) is 0 Å². The monoisotopic (exact) mass is 289 g/mol. The molecule has 0 saturated carbocycles. The molecular weight excluding hydrogens is 277 g/mol. The van der Waals surface area contributed by atoms with E-state index in [9.17, 15) is 14.5 Å². The first-order chi connectivity index (χ1) is 10.1. The van der Waals surface area contributed by atoms with E-state index < -0.39 is 4.92 Å². The van der Waals surface area contributed by atoms with Crippen LogP contribution >= 0.6 is 0 Å². The van der Waals surface area contributed by atoms with Crippen LogP contribution in [0.25, 0.3) is 0 Å². The van der Waals surface area contributed by atoms with E-state index in [1.807, 2.05) is 0 Å². The number of amidine groups is 1. The van der Waals surface area contributed by atoms with Crippen molar-refractivity contribution in [2.75, 3.05) is 0 Å². The maximum absolute atomic E-state index is 12.8. The summed E-state index contributed by atoms with van der Waals surface area (Å²) in [5.41, 5.74) is 6.78. The molecular formula is C14H12FN3O3. The molecule has 2 N–H and O–H groups in total. The minimum Gasteiger partial charge on any atom is -0.389 e. The molecule has 2 aromatic carbocycles. The van der Waals surface area contributed by atoms with Crippen LogP contribution in [0.5, 0.6) is 0 Å². The van der Waals surface area contributed by atoms with Gasteiger partial charge in [-0.2, -0.15) is 0 Å². The topological polar surface area (TPSA) is 90.8 Å². The fourth-order valence-electron chi connectivity index (χ4n) is 1.61. The SMILES string of the molecule is N/C(=N\OCc1cccc([N+](=O)[O-])c1)c1ccc(F)cc1. The van der Waals surface area contributed by atoms with Crippen LogP contribution < -0.4 is 5.73 Å². The highest BCUT2D eigenvalue weighted by Crippen LogP contribution is 2.14. The van der Waals surface area contributed by atoms with Gasteiger partial charge in [-0.05, 0) is 29.8 Å². The van der Waals surface area contributed by atoms with E-state index >= 15 is 0 Å². The highest BCUT2D eigenvalue weighted by atomic mass is 19.1. The normalized spacial score (nSPS) is 11.2. The summed E-state index contributed by atoms with van der Waals surface area (Å²) in [6, 6.07) is 11.5. The fourth-order valence-corrected chi connectivity index (χ4v) is 1.61. The maximum atomic E-state index is 12.8. The van der Waals surface area contributed by atoms with Crippen molar-refractivity contribution in [3.05, 3.63) is 75.6 Å². The van der Waals surface area contributed by atoms with Crippen molar-refractivity contribution in [2.45, 2.75) is 6.61 Å². The van der Waals surface area contributed by atoms with Crippen molar-refractivity contribution >= 4 is 11.5 Å². The van der Waals surface area contributed by atoms with E-state index in [-0.39, 0.29) is 23.9 Å². The van der Waals surface area contributed by atoms with E-state index in [4.69, 9.17) is 10.6 Å². The molecule has 7 heteroatoms. The Balaban J connectivity index is 2.00. The number of oxime groups is 1. The second kappa shape index (κ2) is 6.47. The molecule has 0 bridgehead atoms. The standard InChI is InChI=1S/C14H12FN3O3/c15-12-6-4-11(5-7-12)14(16)17-21-9-10-2-1-3-13(8-10)18(19)20/h1-8H,9H2,(H2,16,17). The van der Waals surface area contributed by atoms with Crippen molar-refractivity contribution in [1.82, 2.24) is 0 Å². The summed E-state index contributed by atoms with van der Waals surface area (Å²) in [4.78, 5) is 15.2. The first-order valence-corrected chi connectivity index (χ1v) is 6.01. The Labute approximate surface area is 119 Å². The van der Waals surface area contributed by atoms with Crippen LogP contribution in [0.15, 0.2) is 53.7 Å². The summed E-state index contributed by atoms with van der Waals surface area (Å²) in [5.74, 6) is -0.274. The minimum atomic E-state index is -0.486. The number of non-ortho nitro benzene ring substituents is 1. The molecule has 0 aromatic heterocycles. The Morgan fingerprint density at radius 3 is 2.67 bits per heavy atom. The van der Waals surface area contributed by atoms with Crippen LogP contribution in [-0.4, -0.2) is 10.8 Å². The predicted octanol–water partition coefficient (Wildman–Crippen LogP) is 2.57. The number of hydrogen-bond acceptors (Lipinski definition) is 4. The van der Waals surface area contributed by atoms with Gasteiger partial charge in [0.25, 0.3) is 5.69 Å². The van der Waals surface area contributed by atoms with Gasteiger partial charge in [0.1, 0.15) is 12.4 Å². The van der Waals surface area contributed by atoms with Gasteiger partial charge in [0.2, 0.25) is 0 Å². The molecule has 0 aliphatic heterocycles. The quantitative estimate of drug-likeness (QED) is 0.396. The van der Waals surface area contributed by atoms with Gasteiger partial charge < -0.3 is 10.6 Å². The molecule has 0 spiro atoms. The fraction of sp³-hybridized carbons (Fsp3) is 0.0714. The molecule has 0 unspecified atom stereocenters. The molecule has 2 rings (SSSR count). The number of rotatable bonds is 5. The summed E-state index contributed by atoms with van der Waals surface area (Å²) in [6.45, 7) is 0.0452. The van der Waals surface area contributed by atoms with Gasteiger partial charge in [0.05, 0.1) is 4.92 Å². The van der Waals surface area contributed by atoms with Gasteiger partial charge >= 0.3 is 0 Å². The Morgan fingerprint density at radius 1 is 1.29 bits per heavy atom. The molecule has 21 heavy (non-hydrogen) atoms. The largest absolute Gasteiger partial charge is 0.389 e. The third-order valence-electron chi connectivity index (χ3n) is 2.66. The van der Waals surface area contributed by atoms with E-state index in [0.29, 0.717) is 11.1 Å². The van der Waals surface area contributed by atoms with Crippen molar-refractivity contribution in [2.24, 2.45) is 10.9 Å². The lowest BCUT2D eigenvalue weighted by atomic mass is 10.2. The molecule has 0 aliphatic rings. The number of nitrogens with two attached hydrogens (primary N) is 1. The number of halogens is 1. The zero-order valence-corrected chi connectivity index (χ0v) is 10.9. The van der Waals surface area contributed by atoms with Crippen molar-refractivity contribution < 1.29 is 14.2 Å². The smallest absolute Gasteiger partial charge is 0.269 e. The van der Waals surface area contributed by atoms with Gasteiger partial charge in [-0.15, -0.1) is 0 Å².